The Labute approximate surface area is 111 Å². The molecule has 2 aromatic rings. The monoisotopic (exact) mass is 314 g/mol. The molecule has 0 fully saturated rings. The van der Waals surface area contributed by atoms with Crippen molar-refractivity contribution < 1.29 is 4.79 Å². The topological polar surface area (TPSA) is 59.8 Å². The van der Waals surface area contributed by atoms with Gasteiger partial charge in [0.2, 0.25) is 5.91 Å². The van der Waals surface area contributed by atoms with E-state index in [1.807, 2.05) is 18.5 Å². The maximum atomic E-state index is 11.8. The number of hydrogen-bond donors (Lipinski definition) is 1. The third-order valence-corrected chi connectivity index (χ3v) is 3.27. The Morgan fingerprint density at radius 3 is 3.12 bits per heavy atom. The minimum Gasteiger partial charge on any atom is -0.302 e. The smallest absolute Gasteiger partial charge is 0.230 e. The van der Waals surface area contributed by atoms with Crippen molar-refractivity contribution in [3.63, 3.8) is 0 Å². The lowest BCUT2D eigenvalue weighted by Gasteiger charge is -2.10. The first-order valence-electron chi connectivity index (χ1n) is 5.03. The largest absolute Gasteiger partial charge is 0.302 e. The van der Waals surface area contributed by atoms with E-state index in [0.717, 1.165) is 4.47 Å². The van der Waals surface area contributed by atoms with Crippen molar-refractivity contribution >= 4 is 38.3 Å². The molecule has 0 aliphatic carbocycles. The van der Waals surface area contributed by atoms with E-state index < -0.39 is 0 Å². The van der Waals surface area contributed by atoms with E-state index in [2.05, 4.69) is 31.3 Å². The molecule has 0 radical (unpaired) electrons. The van der Waals surface area contributed by atoms with E-state index in [4.69, 9.17) is 0 Å². The number of carbonyl (C=O) groups excluding carboxylic acids is 1. The Morgan fingerprint density at radius 1 is 1.71 bits per heavy atom. The number of hydrogen-bond acceptors (Lipinski definition) is 4. The number of amides is 1. The summed E-state index contributed by atoms with van der Waals surface area (Å²) < 4.78 is 2.64. The molecule has 2 aromatic heterocycles. The maximum absolute atomic E-state index is 11.8. The second-order valence-corrected chi connectivity index (χ2v) is 5.42. The number of nitrogens with one attached hydrogen (secondary N) is 1. The maximum Gasteiger partial charge on any atom is 0.230 e. The Morgan fingerprint density at radius 2 is 2.53 bits per heavy atom. The van der Waals surface area contributed by atoms with Crippen LogP contribution in [0.15, 0.2) is 28.4 Å². The minimum atomic E-state index is -0.161. The Balaban J connectivity index is 1.91. The fourth-order valence-corrected chi connectivity index (χ4v) is 2.18. The molecule has 5 nitrogen and oxygen atoms in total. The first-order chi connectivity index (χ1) is 8.15. The van der Waals surface area contributed by atoms with Gasteiger partial charge in [0.15, 0.2) is 5.13 Å². The van der Waals surface area contributed by atoms with Gasteiger partial charge in [-0.05, 0) is 15.9 Å². The van der Waals surface area contributed by atoms with Gasteiger partial charge in [0.05, 0.1) is 23.1 Å². The molecular formula is C10H11BrN4OS. The highest BCUT2D eigenvalue weighted by atomic mass is 79.9. The van der Waals surface area contributed by atoms with Crippen LogP contribution in [0.2, 0.25) is 0 Å². The molecule has 1 N–H and O–H groups in total. The van der Waals surface area contributed by atoms with Crippen molar-refractivity contribution in [1.82, 2.24) is 14.8 Å². The van der Waals surface area contributed by atoms with Crippen LogP contribution in [-0.2, 0) is 11.3 Å². The van der Waals surface area contributed by atoms with E-state index >= 15 is 0 Å². The molecular weight excluding hydrogens is 304 g/mol. The fourth-order valence-electron chi connectivity index (χ4n) is 1.32. The standard InChI is InChI=1S/C10H11BrN4OS/c1-7(5-15-6-8(11)4-13-15)9(16)14-10-12-2-3-17-10/h2-4,6-7H,5H2,1H3,(H,12,14,16)/t7-/m0/s1. The predicted octanol–water partition coefficient (Wildman–Crippen LogP) is 2.38. The van der Waals surface area contributed by atoms with E-state index in [0.29, 0.717) is 11.7 Å². The lowest BCUT2D eigenvalue weighted by Crippen LogP contribution is -2.24. The number of thiazole rings is 1. The van der Waals surface area contributed by atoms with Gasteiger partial charge in [-0.15, -0.1) is 11.3 Å². The van der Waals surface area contributed by atoms with Crippen LogP contribution < -0.4 is 5.32 Å². The quantitative estimate of drug-likeness (QED) is 0.942. The molecule has 0 aromatic carbocycles. The second kappa shape index (κ2) is 5.42. The average molecular weight is 315 g/mol. The SMILES string of the molecule is C[C@@H](Cn1cc(Br)cn1)C(=O)Nc1nccs1. The van der Waals surface area contributed by atoms with Crippen molar-refractivity contribution in [2.24, 2.45) is 5.92 Å². The van der Waals surface area contributed by atoms with Crippen molar-refractivity contribution in [2.45, 2.75) is 13.5 Å². The predicted molar refractivity (Wildman–Crippen MR) is 69.8 cm³/mol. The van der Waals surface area contributed by atoms with Crippen LogP contribution in [-0.4, -0.2) is 20.7 Å². The highest BCUT2D eigenvalue weighted by molar-refractivity contribution is 9.10. The number of halogens is 1. The minimum absolute atomic E-state index is 0.0495. The van der Waals surface area contributed by atoms with Crippen LogP contribution in [0.4, 0.5) is 5.13 Å². The summed E-state index contributed by atoms with van der Waals surface area (Å²) >= 11 is 4.72. The van der Waals surface area contributed by atoms with Crippen molar-refractivity contribution in [1.29, 1.82) is 0 Å². The second-order valence-electron chi connectivity index (χ2n) is 3.61. The molecule has 0 saturated heterocycles. The summed E-state index contributed by atoms with van der Waals surface area (Å²) in [6.07, 6.45) is 5.20. The van der Waals surface area contributed by atoms with Crippen LogP contribution in [0.5, 0.6) is 0 Å². The first-order valence-corrected chi connectivity index (χ1v) is 6.70. The summed E-state index contributed by atoms with van der Waals surface area (Å²) in [7, 11) is 0. The van der Waals surface area contributed by atoms with Gasteiger partial charge < -0.3 is 5.32 Å². The highest BCUT2D eigenvalue weighted by Gasteiger charge is 2.15. The number of carbonyl (C=O) groups is 1. The number of aromatic nitrogens is 3. The van der Waals surface area contributed by atoms with Gasteiger partial charge in [0, 0.05) is 17.8 Å². The third kappa shape index (κ3) is 3.37. The number of nitrogens with zero attached hydrogens (tertiary/aromatic N) is 3. The molecule has 1 atom stereocenters. The van der Waals surface area contributed by atoms with Gasteiger partial charge in [0.1, 0.15) is 0 Å². The molecule has 90 valence electrons. The zero-order valence-corrected chi connectivity index (χ0v) is 11.5. The molecule has 0 bridgehead atoms. The van der Waals surface area contributed by atoms with Gasteiger partial charge in [-0.3, -0.25) is 9.48 Å². The van der Waals surface area contributed by atoms with Gasteiger partial charge in [0.25, 0.3) is 0 Å². The lowest BCUT2D eigenvalue weighted by molar-refractivity contribution is -0.119. The number of anilines is 1. The Bertz CT molecular complexity index is 496. The Hall–Kier alpha value is -1.21. The van der Waals surface area contributed by atoms with Crippen molar-refractivity contribution in [3.8, 4) is 0 Å². The van der Waals surface area contributed by atoms with Crippen LogP contribution in [0.3, 0.4) is 0 Å². The fraction of sp³-hybridized carbons (Fsp3) is 0.300. The molecule has 0 aliphatic heterocycles. The molecule has 2 heterocycles. The Kier molecular flexibility index (Phi) is 3.90. The van der Waals surface area contributed by atoms with E-state index in [-0.39, 0.29) is 11.8 Å². The molecule has 0 spiro atoms. The van der Waals surface area contributed by atoms with E-state index in [1.54, 1.807) is 17.1 Å². The van der Waals surface area contributed by atoms with Crippen molar-refractivity contribution in [3.05, 3.63) is 28.4 Å². The zero-order chi connectivity index (χ0) is 12.3. The molecule has 7 heteroatoms. The van der Waals surface area contributed by atoms with E-state index in [1.165, 1.54) is 11.3 Å². The summed E-state index contributed by atoms with van der Waals surface area (Å²) in [5, 5.41) is 9.33. The normalized spacial score (nSPS) is 12.4. The van der Waals surface area contributed by atoms with Gasteiger partial charge in [-0.1, -0.05) is 6.92 Å². The molecule has 1 amide bonds. The van der Waals surface area contributed by atoms with Crippen LogP contribution in [0, 0.1) is 5.92 Å². The van der Waals surface area contributed by atoms with Gasteiger partial charge in [-0.2, -0.15) is 5.10 Å². The average Bonchev–Trinajstić information content (AvgIpc) is 2.90. The van der Waals surface area contributed by atoms with Gasteiger partial charge >= 0.3 is 0 Å². The van der Waals surface area contributed by atoms with Crippen LogP contribution in [0.1, 0.15) is 6.92 Å². The van der Waals surface area contributed by atoms with Crippen LogP contribution >= 0.6 is 27.3 Å². The van der Waals surface area contributed by atoms with Crippen molar-refractivity contribution in [2.75, 3.05) is 5.32 Å². The molecule has 0 aliphatic rings. The first kappa shape index (κ1) is 12.3. The molecule has 17 heavy (non-hydrogen) atoms. The summed E-state index contributed by atoms with van der Waals surface area (Å²) in [4.78, 5) is 15.8. The summed E-state index contributed by atoms with van der Waals surface area (Å²) in [5.74, 6) is -0.211. The molecule has 2 rings (SSSR count). The lowest BCUT2D eigenvalue weighted by atomic mass is 10.2. The van der Waals surface area contributed by atoms with E-state index in [9.17, 15) is 4.79 Å². The summed E-state index contributed by atoms with van der Waals surface area (Å²) in [6.45, 7) is 2.40. The molecule has 0 saturated carbocycles. The molecule has 0 unspecified atom stereocenters. The third-order valence-electron chi connectivity index (χ3n) is 2.17. The highest BCUT2D eigenvalue weighted by Crippen LogP contribution is 2.13. The summed E-state index contributed by atoms with van der Waals surface area (Å²) in [5.41, 5.74) is 0. The summed E-state index contributed by atoms with van der Waals surface area (Å²) in [6, 6.07) is 0. The van der Waals surface area contributed by atoms with Crippen LogP contribution in [0.25, 0.3) is 0 Å². The van der Waals surface area contributed by atoms with Gasteiger partial charge in [-0.25, -0.2) is 4.98 Å². The zero-order valence-electron chi connectivity index (χ0n) is 9.13. The number of rotatable bonds is 4.